The number of carbonyl (C=O) groups is 2. The predicted molar refractivity (Wildman–Crippen MR) is 94.2 cm³/mol. The second kappa shape index (κ2) is 6.72. The van der Waals surface area contributed by atoms with E-state index in [1.165, 1.54) is 4.88 Å². The van der Waals surface area contributed by atoms with Crippen LogP contribution in [0, 0.1) is 6.92 Å². The first kappa shape index (κ1) is 16.6. The van der Waals surface area contributed by atoms with E-state index in [1.807, 2.05) is 13.8 Å². The fourth-order valence-electron chi connectivity index (χ4n) is 2.80. The molecule has 3 heterocycles. The van der Waals surface area contributed by atoms with Gasteiger partial charge in [0.25, 0.3) is 0 Å². The van der Waals surface area contributed by atoms with Crippen LogP contribution < -0.4 is 10.2 Å². The third-order valence-corrected chi connectivity index (χ3v) is 4.87. The summed E-state index contributed by atoms with van der Waals surface area (Å²) in [5, 5.41) is 3.70. The lowest BCUT2D eigenvalue weighted by molar-refractivity contribution is -0.146. The van der Waals surface area contributed by atoms with Crippen LogP contribution in [0.15, 0.2) is 12.4 Å². The van der Waals surface area contributed by atoms with Crippen molar-refractivity contribution in [3.8, 4) is 0 Å². The van der Waals surface area contributed by atoms with E-state index in [0.29, 0.717) is 26.2 Å². The molecule has 2 aromatic heterocycles. The summed E-state index contributed by atoms with van der Waals surface area (Å²) in [6.45, 7) is 8.07. The Balaban J connectivity index is 1.68. The number of hydrogen-bond donors (Lipinski definition) is 1. The molecule has 0 spiro atoms. The molecule has 24 heavy (non-hydrogen) atoms. The zero-order valence-corrected chi connectivity index (χ0v) is 14.9. The van der Waals surface area contributed by atoms with Gasteiger partial charge >= 0.3 is 11.8 Å². The topological polar surface area (TPSA) is 78.4 Å². The van der Waals surface area contributed by atoms with Gasteiger partial charge in [0.2, 0.25) is 0 Å². The maximum absolute atomic E-state index is 12.2. The predicted octanol–water partition coefficient (Wildman–Crippen LogP) is 1.17. The minimum Gasteiger partial charge on any atom is -0.352 e. The quantitative estimate of drug-likeness (QED) is 0.825. The zero-order chi connectivity index (χ0) is 17.3. The average molecular weight is 347 g/mol. The van der Waals surface area contributed by atoms with E-state index in [4.69, 9.17) is 0 Å². The van der Waals surface area contributed by atoms with E-state index < -0.39 is 11.8 Å². The fraction of sp³-hybridized carbons (Fsp3) is 0.500. The molecule has 1 N–H and O–H groups in total. The second-order valence-corrected chi connectivity index (χ2v) is 7.42. The number of thiophene rings is 1. The van der Waals surface area contributed by atoms with Crippen molar-refractivity contribution in [2.45, 2.75) is 26.8 Å². The van der Waals surface area contributed by atoms with Gasteiger partial charge in [-0.25, -0.2) is 9.97 Å². The Morgan fingerprint density at radius 2 is 1.92 bits per heavy atom. The Morgan fingerprint density at radius 3 is 2.58 bits per heavy atom. The van der Waals surface area contributed by atoms with E-state index >= 15 is 0 Å². The number of carbonyl (C=O) groups excluding carboxylic acids is 2. The van der Waals surface area contributed by atoms with Gasteiger partial charge in [0.15, 0.2) is 0 Å². The highest BCUT2D eigenvalue weighted by Gasteiger charge is 2.27. The Hall–Kier alpha value is -2.22. The summed E-state index contributed by atoms with van der Waals surface area (Å²) in [5.41, 5.74) is 0. The standard InChI is InChI=1S/C16H21N5O2S/c1-10(2)19-14(22)16(23)21-6-4-20(5-7-21)13-12-8-11(3)24-15(12)18-9-17-13/h8-10H,4-7H2,1-3H3,(H,19,22). The van der Waals surface area contributed by atoms with Crippen LogP contribution in [-0.4, -0.2) is 58.9 Å². The van der Waals surface area contributed by atoms with E-state index in [2.05, 4.69) is 33.2 Å². The van der Waals surface area contributed by atoms with Crippen LogP contribution >= 0.6 is 11.3 Å². The molecule has 0 aliphatic carbocycles. The monoisotopic (exact) mass is 347 g/mol. The van der Waals surface area contributed by atoms with Crippen molar-refractivity contribution in [2.75, 3.05) is 31.1 Å². The van der Waals surface area contributed by atoms with Crippen molar-refractivity contribution < 1.29 is 9.59 Å². The highest BCUT2D eigenvalue weighted by Crippen LogP contribution is 2.30. The van der Waals surface area contributed by atoms with Crippen LogP contribution in [0.4, 0.5) is 5.82 Å². The van der Waals surface area contributed by atoms with Crippen molar-refractivity contribution in [1.82, 2.24) is 20.2 Å². The second-order valence-electron chi connectivity index (χ2n) is 6.18. The molecule has 3 rings (SSSR count). The Kier molecular flexibility index (Phi) is 4.66. The van der Waals surface area contributed by atoms with Crippen molar-refractivity contribution in [1.29, 1.82) is 0 Å². The van der Waals surface area contributed by atoms with Crippen molar-refractivity contribution in [3.63, 3.8) is 0 Å². The molecule has 8 heteroatoms. The van der Waals surface area contributed by atoms with Crippen molar-refractivity contribution in [3.05, 3.63) is 17.3 Å². The molecule has 0 unspecified atom stereocenters. The highest BCUT2D eigenvalue weighted by atomic mass is 32.1. The van der Waals surface area contributed by atoms with Gasteiger partial charge in [-0.15, -0.1) is 11.3 Å². The first-order valence-electron chi connectivity index (χ1n) is 8.01. The van der Waals surface area contributed by atoms with Gasteiger partial charge in [-0.1, -0.05) is 0 Å². The fourth-order valence-corrected chi connectivity index (χ4v) is 3.65. The van der Waals surface area contributed by atoms with Crippen LogP contribution in [0.3, 0.4) is 0 Å². The molecular weight excluding hydrogens is 326 g/mol. The number of nitrogens with one attached hydrogen (secondary N) is 1. The lowest BCUT2D eigenvalue weighted by Crippen LogP contribution is -2.53. The van der Waals surface area contributed by atoms with Gasteiger partial charge in [-0.05, 0) is 26.8 Å². The molecule has 7 nitrogen and oxygen atoms in total. The SMILES string of the molecule is Cc1cc2c(N3CCN(C(=O)C(=O)NC(C)C)CC3)ncnc2s1. The summed E-state index contributed by atoms with van der Waals surface area (Å²) >= 11 is 1.65. The Labute approximate surface area is 144 Å². The summed E-state index contributed by atoms with van der Waals surface area (Å²) in [6, 6.07) is 2.06. The maximum Gasteiger partial charge on any atom is 0.312 e. The van der Waals surface area contributed by atoms with E-state index in [9.17, 15) is 9.59 Å². The van der Waals surface area contributed by atoms with Crippen LogP contribution in [0.5, 0.6) is 0 Å². The molecule has 0 bridgehead atoms. The van der Waals surface area contributed by atoms with Gasteiger partial charge < -0.3 is 15.1 Å². The minimum atomic E-state index is -0.531. The minimum absolute atomic E-state index is 0.0427. The lowest BCUT2D eigenvalue weighted by atomic mass is 10.2. The number of amides is 2. The van der Waals surface area contributed by atoms with Gasteiger partial charge in [0.05, 0.1) is 5.39 Å². The number of aromatic nitrogens is 2. The molecule has 1 fully saturated rings. The largest absolute Gasteiger partial charge is 0.352 e. The average Bonchev–Trinajstić information content (AvgIpc) is 2.93. The van der Waals surface area contributed by atoms with Crippen LogP contribution in [0.2, 0.25) is 0 Å². The normalized spacial score (nSPS) is 15.2. The molecule has 2 amide bonds. The molecule has 1 aliphatic heterocycles. The maximum atomic E-state index is 12.2. The third kappa shape index (κ3) is 3.33. The number of anilines is 1. The summed E-state index contributed by atoms with van der Waals surface area (Å²) < 4.78 is 0. The Bertz CT molecular complexity index is 765. The van der Waals surface area contributed by atoms with E-state index in [0.717, 1.165) is 16.0 Å². The number of rotatable bonds is 2. The lowest BCUT2D eigenvalue weighted by Gasteiger charge is -2.35. The van der Waals surface area contributed by atoms with Gasteiger partial charge in [-0.2, -0.15) is 0 Å². The first-order valence-corrected chi connectivity index (χ1v) is 8.83. The Morgan fingerprint density at radius 1 is 1.21 bits per heavy atom. The van der Waals surface area contributed by atoms with Gasteiger partial charge in [-0.3, -0.25) is 9.59 Å². The molecule has 1 aliphatic rings. The van der Waals surface area contributed by atoms with E-state index in [-0.39, 0.29) is 6.04 Å². The summed E-state index contributed by atoms with van der Waals surface area (Å²) in [4.78, 5) is 38.7. The number of aryl methyl sites for hydroxylation is 1. The van der Waals surface area contributed by atoms with Crippen LogP contribution in [0.1, 0.15) is 18.7 Å². The number of piperazine rings is 1. The molecular formula is C16H21N5O2S. The molecule has 2 aromatic rings. The molecule has 1 saturated heterocycles. The summed E-state index contributed by atoms with van der Waals surface area (Å²) in [5.74, 6) is -0.0815. The van der Waals surface area contributed by atoms with Gasteiger partial charge in [0.1, 0.15) is 17.0 Å². The molecule has 0 atom stereocenters. The van der Waals surface area contributed by atoms with Crippen LogP contribution in [-0.2, 0) is 9.59 Å². The molecule has 0 aromatic carbocycles. The highest BCUT2D eigenvalue weighted by molar-refractivity contribution is 7.18. The van der Waals surface area contributed by atoms with Crippen molar-refractivity contribution >= 4 is 39.2 Å². The zero-order valence-electron chi connectivity index (χ0n) is 14.1. The first-order chi connectivity index (χ1) is 11.5. The molecule has 128 valence electrons. The number of nitrogens with zero attached hydrogens (tertiary/aromatic N) is 4. The summed E-state index contributed by atoms with van der Waals surface area (Å²) in [6.07, 6.45) is 1.58. The van der Waals surface area contributed by atoms with Crippen LogP contribution in [0.25, 0.3) is 10.2 Å². The molecule has 0 saturated carbocycles. The number of fused-ring (bicyclic) bond motifs is 1. The van der Waals surface area contributed by atoms with Crippen molar-refractivity contribution in [2.24, 2.45) is 0 Å². The molecule has 0 radical (unpaired) electrons. The summed E-state index contributed by atoms with van der Waals surface area (Å²) in [7, 11) is 0. The van der Waals surface area contributed by atoms with Gasteiger partial charge in [0, 0.05) is 37.1 Å². The van der Waals surface area contributed by atoms with E-state index in [1.54, 1.807) is 22.6 Å². The number of hydrogen-bond acceptors (Lipinski definition) is 6. The third-order valence-electron chi connectivity index (χ3n) is 3.91. The smallest absolute Gasteiger partial charge is 0.312 e.